The summed E-state index contributed by atoms with van der Waals surface area (Å²) in [4.78, 5) is 4.34. The van der Waals surface area contributed by atoms with Gasteiger partial charge in [0.15, 0.2) is 11.5 Å². The Morgan fingerprint density at radius 1 is 1.00 bits per heavy atom. The fourth-order valence-electron chi connectivity index (χ4n) is 2.35. The maximum atomic E-state index is 5.31. The zero-order valence-electron chi connectivity index (χ0n) is 13.7. The third-order valence-electron chi connectivity index (χ3n) is 3.60. The molecule has 2 aromatic carbocycles. The van der Waals surface area contributed by atoms with Gasteiger partial charge in [0.25, 0.3) is 0 Å². The van der Waals surface area contributed by atoms with Gasteiger partial charge in [-0.15, -0.1) is 0 Å². The number of anilines is 1. The van der Waals surface area contributed by atoms with Crippen LogP contribution in [0.15, 0.2) is 53.1 Å². The van der Waals surface area contributed by atoms with Gasteiger partial charge in [-0.25, -0.2) is 0 Å². The second-order valence-electron chi connectivity index (χ2n) is 5.16. The van der Waals surface area contributed by atoms with E-state index in [1.54, 1.807) is 14.2 Å². The van der Waals surface area contributed by atoms with Crippen molar-refractivity contribution in [1.82, 2.24) is 10.1 Å². The summed E-state index contributed by atoms with van der Waals surface area (Å²) in [6.45, 7) is 0.673. The van der Waals surface area contributed by atoms with Crippen LogP contribution < -0.4 is 14.8 Å². The number of benzene rings is 2. The van der Waals surface area contributed by atoms with E-state index in [4.69, 9.17) is 14.0 Å². The van der Waals surface area contributed by atoms with Gasteiger partial charge in [-0.05, 0) is 24.1 Å². The van der Waals surface area contributed by atoms with Gasteiger partial charge in [0.2, 0.25) is 5.82 Å². The quantitative estimate of drug-likeness (QED) is 0.718. The molecule has 6 nitrogen and oxygen atoms in total. The van der Waals surface area contributed by atoms with E-state index in [0.29, 0.717) is 18.4 Å². The summed E-state index contributed by atoms with van der Waals surface area (Å²) in [5, 5.41) is 7.11. The van der Waals surface area contributed by atoms with Crippen molar-refractivity contribution in [3.63, 3.8) is 0 Å². The molecule has 0 atom stereocenters. The molecule has 0 saturated heterocycles. The Kier molecular flexibility index (Phi) is 4.96. The summed E-state index contributed by atoms with van der Waals surface area (Å²) in [5.74, 6) is 2.02. The Morgan fingerprint density at radius 3 is 2.54 bits per heavy atom. The van der Waals surface area contributed by atoms with Crippen LogP contribution in [0, 0.1) is 0 Å². The molecule has 1 aromatic heterocycles. The molecule has 1 heterocycles. The standard InChI is InChI=1S/C18H19N3O3/c1-22-15-9-8-13(12-16(15)23-2)10-11-19-18-20-17(21-24-18)14-6-4-3-5-7-14/h3-9,12H,10-11H2,1-2H3,(H,19,20,21). The molecule has 1 N–H and O–H groups in total. The van der Waals surface area contributed by atoms with Crippen LogP contribution >= 0.6 is 0 Å². The lowest BCUT2D eigenvalue weighted by Gasteiger charge is -2.09. The highest BCUT2D eigenvalue weighted by Gasteiger charge is 2.08. The molecule has 0 aliphatic carbocycles. The van der Waals surface area contributed by atoms with E-state index in [1.807, 2.05) is 48.5 Å². The van der Waals surface area contributed by atoms with E-state index in [2.05, 4.69) is 15.5 Å². The lowest BCUT2D eigenvalue weighted by atomic mass is 10.1. The van der Waals surface area contributed by atoms with Crippen molar-refractivity contribution < 1.29 is 14.0 Å². The smallest absolute Gasteiger partial charge is 0.321 e. The lowest BCUT2D eigenvalue weighted by molar-refractivity contribution is 0.354. The summed E-state index contributed by atoms with van der Waals surface area (Å²) < 4.78 is 15.8. The third-order valence-corrected chi connectivity index (χ3v) is 3.60. The van der Waals surface area contributed by atoms with Crippen LogP contribution in [0.4, 0.5) is 6.01 Å². The molecule has 0 spiro atoms. The van der Waals surface area contributed by atoms with Crippen LogP contribution in [-0.4, -0.2) is 30.9 Å². The fraction of sp³-hybridized carbons (Fsp3) is 0.222. The van der Waals surface area contributed by atoms with Crippen molar-refractivity contribution in [3.05, 3.63) is 54.1 Å². The highest BCUT2D eigenvalue weighted by Crippen LogP contribution is 2.27. The summed E-state index contributed by atoms with van der Waals surface area (Å²) >= 11 is 0. The number of hydrogen-bond donors (Lipinski definition) is 1. The van der Waals surface area contributed by atoms with E-state index >= 15 is 0 Å². The van der Waals surface area contributed by atoms with E-state index in [9.17, 15) is 0 Å². The zero-order valence-corrected chi connectivity index (χ0v) is 13.7. The molecule has 6 heteroatoms. The summed E-state index contributed by atoms with van der Waals surface area (Å²) in [6, 6.07) is 16.0. The molecule has 3 aromatic rings. The minimum absolute atomic E-state index is 0.411. The second kappa shape index (κ2) is 7.50. The molecular formula is C18H19N3O3. The first-order chi connectivity index (χ1) is 11.8. The molecule has 3 rings (SSSR count). The predicted octanol–water partition coefficient (Wildman–Crippen LogP) is 3.41. The van der Waals surface area contributed by atoms with Crippen molar-refractivity contribution in [2.45, 2.75) is 6.42 Å². The van der Waals surface area contributed by atoms with E-state index < -0.39 is 0 Å². The van der Waals surface area contributed by atoms with Crippen LogP contribution in [0.5, 0.6) is 11.5 Å². The number of ether oxygens (including phenoxy) is 2. The molecule has 0 aliphatic rings. The number of hydrogen-bond acceptors (Lipinski definition) is 6. The zero-order chi connectivity index (χ0) is 16.8. The molecule has 0 fully saturated rings. The van der Waals surface area contributed by atoms with Crippen LogP contribution in [0.25, 0.3) is 11.4 Å². The predicted molar refractivity (Wildman–Crippen MR) is 91.5 cm³/mol. The molecule has 0 bridgehead atoms. The van der Waals surface area contributed by atoms with Crippen molar-refractivity contribution in [2.24, 2.45) is 0 Å². The molecule has 0 aliphatic heterocycles. The molecule has 0 amide bonds. The summed E-state index contributed by atoms with van der Waals surface area (Å²) in [7, 11) is 3.25. The normalized spacial score (nSPS) is 10.4. The number of nitrogens with one attached hydrogen (secondary N) is 1. The average molecular weight is 325 g/mol. The Labute approximate surface area is 140 Å². The minimum atomic E-state index is 0.411. The topological polar surface area (TPSA) is 69.4 Å². The summed E-state index contributed by atoms with van der Waals surface area (Å²) in [5.41, 5.74) is 2.05. The monoisotopic (exact) mass is 325 g/mol. The number of aromatic nitrogens is 2. The minimum Gasteiger partial charge on any atom is -0.493 e. The second-order valence-corrected chi connectivity index (χ2v) is 5.16. The fourth-order valence-corrected chi connectivity index (χ4v) is 2.35. The average Bonchev–Trinajstić information content (AvgIpc) is 3.11. The SMILES string of the molecule is COc1ccc(CCNc2nc(-c3ccccc3)no2)cc1OC. The first-order valence-electron chi connectivity index (χ1n) is 7.64. The van der Waals surface area contributed by atoms with Gasteiger partial charge in [0.05, 0.1) is 14.2 Å². The maximum Gasteiger partial charge on any atom is 0.321 e. The highest BCUT2D eigenvalue weighted by atomic mass is 16.5. The highest BCUT2D eigenvalue weighted by molar-refractivity contribution is 5.54. The van der Waals surface area contributed by atoms with Crippen molar-refractivity contribution in [3.8, 4) is 22.9 Å². The Morgan fingerprint density at radius 2 is 1.79 bits per heavy atom. The van der Waals surface area contributed by atoms with Crippen molar-refractivity contribution >= 4 is 6.01 Å². The van der Waals surface area contributed by atoms with E-state index in [0.717, 1.165) is 29.0 Å². The van der Waals surface area contributed by atoms with Gasteiger partial charge in [-0.2, -0.15) is 4.98 Å². The first kappa shape index (κ1) is 15.9. The van der Waals surface area contributed by atoms with E-state index in [1.165, 1.54) is 0 Å². The van der Waals surface area contributed by atoms with Crippen LogP contribution in [0.1, 0.15) is 5.56 Å². The van der Waals surface area contributed by atoms with Crippen molar-refractivity contribution in [1.29, 1.82) is 0 Å². The Bertz CT molecular complexity index is 787. The molecular weight excluding hydrogens is 306 g/mol. The molecule has 0 radical (unpaired) electrons. The molecule has 24 heavy (non-hydrogen) atoms. The molecule has 0 saturated carbocycles. The number of rotatable bonds is 7. The molecule has 124 valence electrons. The maximum absolute atomic E-state index is 5.31. The van der Waals surface area contributed by atoms with Gasteiger partial charge in [-0.1, -0.05) is 41.6 Å². The summed E-state index contributed by atoms with van der Waals surface area (Å²) in [6.07, 6.45) is 0.795. The lowest BCUT2D eigenvalue weighted by Crippen LogP contribution is -2.05. The van der Waals surface area contributed by atoms with Crippen LogP contribution in [0.2, 0.25) is 0 Å². The van der Waals surface area contributed by atoms with Gasteiger partial charge in [0.1, 0.15) is 0 Å². The van der Waals surface area contributed by atoms with Gasteiger partial charge < -0.3 is 19.3 Å². The Hall–Kier alpha value is -3.02. The van der Waals surface area contributed by atoms with E-state index in [-0.39, 0.29) is 0 Å². The van der Waals surface area contributed by atoms with Gasteiger partial charge in [-0.3, -0.25) is 0 Å². The van der Waals surface area contributed by atoms with Crippen LogP contribution in [-0.2, 0) is 6.42 Å². The molecule has 0 unspecified atom stereocenters. The van der Waals surface area contributed by atoms with Gasteiger partial charge in [0, 0.05) is 12.1 Å². The van der Waals surface area contributed by atoms with Gasteiger partial charge >= 0.3 is 6.01 Å². The van der Waals surface area contributed by atoms with Crippen molar-refractivity contribution in [2.75, 3.05) is 26.1 Å². The third kappa shape index (κ3) is 3.65. The number of methoxy groups -OCH3 is 2. The first-order valence-corrected chi connectivity index (χ1v) is 7.64. The number of nitrogens with zero attached hydrogens (tertiary/aromatic N) is 2. The Balaban J connectivity index is 1.58. The van der Waals surface area contributed by atoms with Crippen LogP contribution in [0.3, 0.4) is 0 Å². The largest absolute Gasteiger partial charge is 0.493 e.